The Hall–Kier alpha value is -1.14. The molecule has 2 aliphatic rings. The lowest BCUT2D eigenvalue weighted by Gasteiger charge is -2.47. The van der Waals surface area contributed by atoms with E-state index in [1.807, 2.05) is 10.3 Å². The minimum absolute atomic E-state index is 0.0787. The van der Waals surface area contributed by atoms with Gasteiger partial charge in [-0.3, -0.25) is 5.32 Å². The third-order valence-corrected chi connectivity index (χ3v) is 5.79. The van der Waals surface area contributed by atoms with Crippen molar-refractivity contribution in [3.63, 3.8) is 0 Å². The Balaban J connectivity index is 1.58. The molecule has 3 rings (SSSR count). The number of urea groups is 1. The Morgan fingerprint density at radius 1 is 1.55 bits per heavy atom. The normalized spacial score (nSPS) is 28.3. The zero-order chi connectivity index (χ0) is 15.6. The number of piperidine rings is 1. The Labute approximate surface area is 135 Å². The van der Waals surface area contributed by atoms with Gasteiger partial charge in [0, 0.05) is 24.4 Å². The lowest BCUT2D eigenvalue weighted by atomic mass is 9.71. The molecule has 2 amide bonds. The van der Waals surface area contributed by atoms with E-state index in [2.05, 4.69) is 17.2 Å². The van der Waals surface area contributed by atoms with Gasteiger partial charge in [-0.05, 0) is 25.7 Å². The molecule has 2 N–H and O–H groups in total. The molecule has 2 heterocycles. The lowest BCUT2D eigenvalue weighted by Crippen LogP contribution is -2.55. The van der Waals surface area contributed by atoms with E-state index in [9.17, 15) is 9.90 Å². The largest absolute Gasteiger partial charge is 0.389 e. The van der Waals surface area contributed by atoms with Gasteiger partial charge in [-0.1, -0.05) is 26.2 Å². The molecule has 1 aromatic rings. The first kappa shape index (κ1) is 15.7. The summed E-state index contributed by atoms with van der Waals surface area (Å²) in [6.07, 6.45) is 6.89. The summed E-state index contributed by atoms with van der Waals surface area (Å²) in [4.78, 5) is 18.7. The predicted octanol–water partition coefficient (Wildman–Crippen LogP) is 3.25. The number of aromatic nitrogens is 1. The average molecular weight is 323 g/mol. The van der Waals surface area contributed by atoms with E-state index in [0.717, 1.165) is 44.2 Å². The van der Waals surface area contributed by atoms with Gasteiger partial charge in [0.25, 0.3) is 0 Å². The van der Waals surface area contributed by atoms with Crippen LogP contribution in [0.15, 0.2) is 5.38 Å². The molecule has 6 heteroatoms. The molecule has 1 aliphatic heterocycles. The van der Waals surface area contributed by atoms with Gasteiger partial charge < -0.3 is 10.0 Å². The van der Waals surface area contributed by atoms with Gasteiger partial charge in [-0.15, -0.1) is 11.3 Å². The molecule has 1 aliphatic carbocycles. The fourth-order valence-electron chi connectivity index (χ4n) is 3.66. The number of amides is 2. The minimum atomic E-state index is -0.537. The van der Waals surface area contributed by atoms with Crippen molar-refractivity contribution < 1.29 is 9.90 Å². The van der Waals surface area contributed by atoms with Crippen LogP contribution in [0.1, 0.15) is 51.1 Å². The number of rotatable bonds is 3. The SMILES string of the molecule is CCCc1csc(NC(=O)N2CCC3(O)CCCCC3C2)n1. The summed E-state index contributed by atoms with van der Waals surface area (Å²) < 4.78 is 0. The number of aliphatic hydroxyl groups is 1. The van der Waals surface area contributed by atoms with Gasteiger partial charge >= 0.3 is 6.03 Å². The standard InChI is InChI=1S/C16H25N3O2S/c1-2-5-13-11-22-14(17-13)18-15(20)19-9-8-16(21)7-4-3-6-12(16)10-19/h11-12,21H,2-10H2,1H3,(H,17,18,20). The minimum Gasteiger partial charge on any atom is -0.389 e. The molecule has 0 aromatic carbocycles. The van der Waals surface area contributed by atoms with E-state index in [1.165, 1.54) is 11.3 Å². The van der Waals surface area contributed by atoms with E-state index in [0.29, 0.717) is 24.6 Å². The molecule has 122 valence electrons. The molecule has 5 nitrogen and oxygen atoms in total. The highest BCUT2D eigenvalue weighted by Crippen LogP contribution is 2.39. The topological polar surface area (TPSA) is 65.5 Å². The number of aryl methyl sites for hydroxylation is 1. The van der Waals surface area contributed by atoms with Crippen molar-refractivity contribution in [3.05, 3.63) is 11.1 Å². The molecular weight excluding hydrogens is 298 g/mol. The number of anilines is 1. The second kappa shape index (κ2) is 6.54. The van der Waals surface area contributed by atoms with Gasteiger partial charge in [0.15, 0.2) is 5.13 Å². The molecule has 0 bridgehead atoms. The number of nitrogens with zero attached hydrogens (tertiary/aromatic N) is 2. The summed E-state index contributed by atoms with van der Waals surface area (Å²) in [5.41, 5.74) is 0.507. The molecule has 0 spiro atoms. The number of hydrogen-bond donors (Lipinski definition) is 2. The summed E-state index contributed by atoms with van der Waals surface area (Å²) in [6, 6.07) is -0.0787. The zero-order valence-electron chi connectivity index (χ0n) is 13.2. The summed E-state index contributed by atoms with van der Waals surface area (Å²) >= 11 is 1.48. The van der Waals surface area contributed by atoms with Crippen LogP contribution in [-0.2, 0) is 6.42 Å². The van der Waals surface area contributed by atoms with Crippen molar-refractivity contribution in [2.75, 3.05) is 18.4 Å². The number of thiazole rings is 1. The first-order chi connectivity index (χ1) is 10.6. The highest BCUT2D eigenvalue weighted by atomic mass is 32.1. The smallest absolute Gasteiger partial charge is 0.323 e. The zero-order valence-corrected chi connectivity index (χ0v) is 14.0. The summed E-state index contributed by atoms with van der Waals surface area (Å²) in [7, 11) is 0. The molecule has 2 fully saturated rings. The number of nitrogens with one attached hydrogen (secondary N) is 1. The summed E-state index contributed by atoms with van der Waals surface area (Å²) in [5.74, 6) is 0.229. The second-order valence-electron chi connectivity index (χ2n) is 6.57. The van der Waals surface area contributed by atoms with Crippen molar-refractivity contribution >= 4 is 22.5 Å². The van der Waals surface area contributed by atoms with Gasteiger partial charge in [0.05, 0.1) is 11.3 Å². The Kier molecular flexibility index (Phi) is 4.68. The van der Waals surface area contributed by atoms with E-state index >= 15 is 0 Å². The van der Waals surface area contributed by atoms with E-state index < -0.39 is 5.60 Å². The van der Waals surface area contributed by atoms with Gasteiger partial charge in [-0.25, -0.2) is 9.78 Å². The van der Waals surface area contributed by atoms with Crippen LogP contribution in [0.5, 0.6) is 0 Å². The summed E-state index contributed by atoms with van der Waals surface area (Å²) in [6.45, 7) is 3.41. The Morgan fingerprint density at radius 3 is 3.23 bits per heavy atom. The van der Waals surface area contributed by atoms with E-state index in [1.54, 1.807) is 0 Å². The highest BCUT2D eigenvalue weighted by Gasteiger charge is 2.43. The van der Waals surface area contributed by atoms with Gasteiger partial charge in [0.2, 0.25) is 0 Å². The molecule has 22 heavy (non-hydrogen) atoms. The Morgan fingerprint density at radius 2 is 2.41 bits per heavy atom. The van der Waals surface area contributed by atoms with Crippen LogP contribution in [-0.4, -0.2) is 39.7 Å². The maximum atomic E-state index is 12.4. The molecule has 1 aromatic heterocycles. The van der Waals surface area contributed by atoms with E-state index in [4.69, 9.17) is 0 Å². The van der Waals surface area contributed by atoms with Crippen LogP contribution in [0.25, 0.3) is 0 Å². The van der Waals surface area contributed by atoms with Crippen molar-refractivity contribution in [1.29, 1.82) is 0 Å². The van der Waals surface area contributed by atoms with Crippen LogP contribution in [0.3, 0.4) is 0 Å². The summed E-state index contributed by atoms with van der Waals surface area (Å²) in [5, 5.41) is 16.3. The number of carbonyl (C=O) groups excluding carboxylic acids is 1. The van der Waals surface area contributed by atoms with Crippen LogP contribution in [0.2, 0.25) is 0 Å². The van der Waals surface area contributed by atoms with Crippen molar-refractivity contribution in [2.24, 2.45) is 5.92 Å². The van der Waals surface area contributed by atoms with Crippen molar-refractivity contribution in [1.82, 2.24) is 9.88 Å². The number of carbonyl (C=O) groups is 1. The second-order valence-corrected chi connectivity index (χ2v) is 7.42. The average Bonchev–Trinajstić information content (AvgIpc) is 2.94. The van der Waals surface area contributed by atoms with Crippen molar-refractivity contribution in [3.8, 4) is 0 Å². The quantitative estimate of drug-likeness (QED) is 0.897. The Bertz CT molecular complexity index is 533. The lowest BCUT2D eigenvalue weighted by molar-refractivity contribution is -0.0863. The molecule has 2 unspecified atom stereocenters. The fourth-order valence-corrected chi connectivity index (χ4v) is 4.40. The monoisotopic (exact) mass is 323 g/mol. The van der Waals surface area contributed by atoms with Gasteiger partial charge in [0.1, 0.15) is 0 Å². The molecule has 2 atom stereocenters. The maximum Gasteiger partial charge on any atom is 0.323 e. The highest BCUT2D eigenvalue weighted by molar-refractivity contribution is 7.13. The van der Waals surface area contributed by atoms with Gasteiger partial charge in [-0.2, -0.15) is 0 Å². The van der Waals surface area contributed by atoms with Crippen molar-refractivity contribution in [2.45, 2.75) is 57.5 Å². The number of hydrogen-bond acceptors (Lipinski definition) is 4. The number of likely N-dealkylation sites (tertiary alicyclic amines) is 1. The third-order valence-electron chi connectivity index (χ3n) is 4.99. The molecule has 1 saturated heterocycles. The van der Waals surface area contributed by atoms with E-state index in [-0.39, 0.29) is 11.9 Å². The molecule has 1 saturated carbocycles. The molecular formula is C16H25N3O2S. The third kappa shape index (κ3) is 3.27. The van der Waals surface area contributed by atoms with Crippen LogP contribution in [0.4, 0.5) is 9.93 Å². The maximum absolute atomic E-state index is 12.4. The number of fused-ring (bicyclic) bond motifs is 1. The first-order valence-corrected chi connectivity index (χ1v) is 9.21. The molecule has 0 radical (unpaired) electrons. The predicted molar refractivity (Wildman–Crippen MR) is 88.2 cm³/mol. The van der Waals surface area contributed by atoms with Crippen LogP contribution in [0, 0.1) is 5.92 Å². The van der Waals surface area contributed by atoms with Crippen LogP contribution < -0.4 is 5.32 Å². The fraction of sp³-hybridized carbons (Fsp3) is 0.750. The van der Waals surface area contributed by atoms with Crippen LogP contribution >= 0.6 is 11.3 Å². The first-order valence-electron chi connectivity index (χ1n) is 8.33.